The molecule has 152 valence electrons. The molecule has 1 aromatic rings. The minimum absolute atomic E-state index is 0.0168. The van der Waals surface area contributed by atoms with Crippen molar-refractivity contribution in [3.8, 4) is 0 Å². The predicted octanol–water partition coefficient (Wildman–Crippen LogP) is 2.80. The molecule has 1 aliphatic carbocycles. The maximum absolute atomic E-state index is 12.6. The number of hydrogen-bond acceptors (Lipinski definition) is 5. The van der Waals surface area contributed by atoms with Gasteiger partial charge >= 0.3 is 0 Å². The van der Waals surface area contributed by atoms with E-state index in [0.29, 0.717) is 12.1 Å². The first-order chi connectivity index (χ1) is 12.5. The molecule has 1 aliphatic rings. The van der Waals surface area contributed by atoms with E-state index >= 15 is 0 Å². The van der Waals surface area contributed by atoms with Crippen molar-refractivity contribution in [2.75, 3.05) is 16.7 Å². The average Bonchev–Trinajstić information content (AvgIpc) is 2.55. The first-order valence-corrected chi connectivity index (χ1v) is 12.9. The van der Waals surface area contributed by atoms with Crippen molar-refractivity contribution in [2.24, 2.45) is 11.8 Å². The number of carbonyl (C=O) groups is 1. The van der Waals surface area contributed by atoms with Gasteiger partial charge in [0.2, 0.25) is 10.0 Å². The molecule has 0 unspecified atom stereocenters. The number of Topliss-reactive ketones (excluding diaryl/α,β-unsaturated/α-hetero) is 1. The van der Waals surface area contributed by atoms with Gasteiger partial charge in [-0.2, -0.15) is 0 Å². The maximum Gasteiger partial charge on any atom is 0.229 e. The van der Waals surface area contributed by atoms with E-state index < -0.39 is 19.9 Å². The summed E-state index contributed by atoms with van der Waals surface area (Å²) in [4.78, 5) is 12.6. The van der Waals surface area contributed by atoms with Crippen LogP contribution in [0.3, 0.4) is 0 Å². The number of benzene rings is 1. The minimum Gasteiger partial charge on any atom is -0.299 e. The number of nitrogens with one attached hydrogen (secondary N) is 1. The zero-order chi connectivity index (χ0) is 20.2. The fraction of sp³-hybridized carbons (Fsp3) is 0.632. The van der Waals surface area contributed by atoms with Gasteiger partial charge in [-0.05, 0) is 63.1 Å². The molecule has 1 fully saturated rings. The van der Waals surface area contributed by atoms with Crippen LogP contribution in [0.1, 0.15) is 45.1 Å². The Bertz CT molecular complexity index is 850. The number of anilines is 1. The van der Waals surface area contributed by atoms with Crippen LogP contribution in [0.5, 0.6) is 0 Å². The van der Waals surface area contributed by atoms with E-state index in [4.69, 9.17) is 0 Å². The zero-order valence-electron chi connectivity index (χ0n) is 16.1. The summed E-state index contributed by atoms with van der Waals surface area (Å²) in [6.45, 7) is 3.42. The molecule has 27 heavy (non-hydrogen) atoms. The molecule has 1 aromatic carbocycles. The first kappa shape index (κ1) is 21.9. The van der Waals surface area contributed by atoms with Crippen LogP contribution in [0, 0.1) is 11.8 Å². The van der Waals surface area contributed by atoms with Crippen molar-refractivity contribution in [3.63, 3.8) is 0 Å². The summed E-state index contributed by atoms with van der Waals surface area (Å²) >= 11 is 0. The Hall–Kier alpha value is -1.41. The van der Waals surface area contributed by atoms with Crippen molar-refractivity contribution in [2.45, 2.75) is 51.2 Å². The molecule has 2 rings (SSSR count). The van der Waals surface area contributed by atoms with Crippen LogP contribution >= 0.6 is 0 Å². The summed E-state index contributed by atoms with van der Waals surface area (Å²) in [5, 5.41) is -0.350. The lowest BCUT2D eigenvalue weighted by Gasteiger charge is -2.28. The summed E-state index contributed by atoms with van der Waals surface area (Å²) < 4.78 is 48.9. The molecule has 8 heteroatoms. The highest BCUT2D eigenvalue weighted by Gasteiger charge is 2.29. The second-order valence-corrected chi connectivity index (χ2v) is 12.2. The lowest BCUT2D eigenvalue weighted by molar-refractivity contribution is -0.123. The summed E-state index contributed by atoms with van der Waals surface area (Å²) in [7, 11) is -6.35. The molecule has 6 nitrogen and oxygen atoms in total. The van der Waals surface area contributed by atoms with Crippen LogP contribution in [-0.4, -0.2) is 39.9 Å². The van der Waals surface area contributed by atoms with Crippen LogP contribution in [0.25, 0.3) is 0 Å². The standard InChI is InChI=1S/C19H29NO5S2/c1-14(2)27(24,25)13-16-4-8-17(9-5-16)19(21)12-15-6-10-18(11-7-15)20-26(3,22)23/h6-7,10-11,14,16-17,20H,4-5,8-9,12-13H2,1-3H3. The smallest absolute Gasteiger partial charge is 0.229 e. The van der Waals surface area contributed by atoms with Gasteiger partial charge in [-0.15, -0.1) is 0 Å². The van der Waals surface area contributed by atoms with Gasteiger partial charge in [-0.25, -0.2) is 16.8 Å². The quantitative estimate of drug-likeness (QED) is 0.704. The lowest BCUT2D eigenvalue weighted by Crippen LogP contribution is -2.29. The average molecular weight is 416 g/mol. The monoisotopic (exact) mass is 415 g/mol. The normalized spacial score (nSPS) is 21.2. The molecule has 0 aromatic heterocycles. The number of carbonyl (C=O) groups excluding carboxylic acids is 1. The highest BCUT2D eigenvalue weighted by atomic mass is 32.2. The summed E-state index contributed by atoms with van der Waals surface area (Å²) in [5.41, 5.74) is 1.32. The largest absolute Gasteiger partial charge is 0.299 e. The Morgan fingerprint density at radius 2 is 1.59 bits per heavy atom. The molecule has 0 radical (unpaired) electrons. The number of sulfone groups is 1. The third kappa shape index (κ3) is 6.92. The van der Waals surface area contributed by atoms with E-state index in [1.807, 2.05) is 0 Å². The third-order valence-corrected chi connectivity index (χ3v) is 8.10. The fourth-order valence-electron chi connectivity index (χ4n) is 3.42. The molecule has 0 atom stereocenters. The van der Waals surface area contributed by atoms with Crippen LogP contribution in [-0.2, 0) is 31.1 Å². The maximum atomic E-state index is 12.6. The van der Waals surface area contributed by atoms with E-state index in [9.17, 15) is 21.6 Å². The van der Waals surface area contributed by atoms with E-state index in [0.717, 1.165) is 37.5 Å². The van der Waals surface area contributed by atoms with Crippen LogP contribution in [0.4, 0.5) is 5.69 Å². The van der Waals surface area contributed by atoms with E-state index in [1.165, 1.54) is 0 Å². The second kappa shape index (κ2) is 8.73. The summed E-state index contributed by atoms with van der Waals surface area (Å²) in [6, 6.07) is 6.81. The lowest BCUT2D eigenvalue weighted by atomic mass is 9.79. The van der Waals surface area contributed by atoms with Crippen molar-refractivity contribution >= 4 is 31.3 Å². The number of rotatable bonds is 8. The van der Waals surface area contributed by atoms with Gasteiger partial charge in [0.05, 0.1) is 17.3 Å². The Balaban J connectivity index is 1.86. The third-order valence-electron chi connectivity index (χ3n) is 5.12. The topological polar surface area (TPSA) is 97.4 Å². The first-order valence-electron chi connectivity index (χ1n) is 9.27. The number of sulfonamides is 1. The van der Waals surface area contributed by atoms with Crippen molar-refractivity contribution in [3.05, 3.63) is 29.8 Å². The van der Waals surface area contributed by atoms with E-state index in [1.54, 1.807) is 38.1 Å². The highest BCUT2D eigenvalue weighted by Crippen LogP contribution is 2.31. The molecule has 0 amide bonds. The van der Waals surface area contributed by atoms with Crippen LogP contribution in [0.2, 0.25) is 0 Å². The predicted molar refractivity (Wildman–Crippen MR) is 108 cm³/mol. The minimum atomic E-state index is -3.31. The van der Waals surface area contributed by atoms with Gasteiger partial charge in [-0.1, -0.05) is 12.1 Å². The molecule has 0 spiro atoms. The Morgan fingerprint density at radius 3 is 2.07 bits per heavy atom. The van der Waals surface area contributed by atoms with Crippen LogP contribution in [0.15, 0.2) is 24.3 Å². The van der Waals surface area contributed by atoms with E-state index in [2.05, 4.69) is 4.72 Å². The molecule has 0 heterocycles. The Morgan fingerprint density at radius 1 is 1.04 bits per heavy atom. The Kier molecular flexibility index (Phi) is 7.08. The zero-order valence-corrected chi connectivity index (χ0v) is 17.8. The van der Waals surface area contributed by atoms with Gasteiger partial charge < -0.3 is 0 Å². The molecule has 0 bridgehead atoms. The molecule has 0 saturated heterocycles. The SMILES string of the molecule is CC(C)S(=O)(=O)CC1CCC(C(=O)Cc2ccc(NS(C)(=O)=O)cc2)CC1. The summed E-state index contributed by atoms with van der Waals surface area (Å²) in [6.07, 6.45) is 4.45. The molecular weight excluding hydrogens is 386 g/mol. The molecule has 1 saturated carbocycles. The van der Waals surface area contributed by atoms with Gasteiger partial charge in [0.25, 0.3) is 0 Å². The second-order valence-electron chi connectivity index (χ2n) is 7.81. The van der Waals surface area contributed by atoms with Crippen molar-refractivity contribution in [1.29, 1.82) is 0 Å². The van der Waals surface area contributed by atoms with Gasteiger partial charge in [0.1, 0.15) is 5.78 Å². The fourth-order valence-corrected chi connectivity index (χ4v) is 5.36. The number of hydrogen-bond donors (Lipinski definition) is 1. The number of ketones is 1. The molecule has 1 N–H and O–H groups in total. The summed E-state index contributed by atoms with van der Waals surface area (Å²) in [5.74, 6) is 0.531. The van der Waals surface area contributed by atoms with Crippen LogP contribution < -0.4 is 4.72 Å². The van der Waals surface area contributed by atoms with Gasteiger partial charge in [-0.3, -0.25) is 9.52 Å². The molecule has 0 aliphatic heterocycles. The van der Waals surface area contributed by atoms with Gasteiger partial charge in [0.15, 0.2) is 9.84 Å². The van der Waals surface area contributed by atoms with Crippen molar-refractivity contribution in [1.82, 2.24) is 0 Å². The van der Waals surface area contributed by atoms with Gasteiger partial charge in [0, 0.05) is 18.0 Å². The highest BCUT2D eigenvalue weighted by molar-refractivity contribution is 7.92. The van der Waals surface area contributed by atoms with E-state index in [-0.39, 0.29) is 28.6 Å². The molecular formula is C19H29NO5S2. The van der Waals surface area contributed by atoms with Crippen molar-refractivity contribution < 1.29 is 21.6 Å². The Labute approximate surface area is 162 Å².